The second-order valence-electron chi connectivity index (χ2n) is 7.13. The topological polar surface area (TPSA) is 132 Å². The van der Waals surface area contributed by atoms with Crippen LogP contribution in [0, 0.1) is 10.1 Å². The van der Waals surface area contributed by atoms with Gasteiger partial charge in [0.1, 0.15) is 10.7 Å². The number of carbonyl (C=O) groups is 1. The van der Waals surface area contributed by atoms with Crippen molar-refractivity contribution in [2.75, 3.05) is 30.3 Å². The number of fused-ring (bicyclic) bond motifs is 1. The molecule has 12 heteroatoms. The molecule has 0 atom stereocenters. The fraction of sp³-hybridized carbons (Fsp3) is 0.474. The van der Waals surface area contributed by atoms with E-state index < -0.39 is 16.7 Å². The molecule has 0 aliphatic carbocycles. The van der Waals surface area contributed by atoms with E-state index in [0.29, 0.717) is 6.54 Å². The van der Waals surface area contributed by atoms with E-state index in [2.05, 4.69) is 22.2 Å². The minimum Gasteiger partial charge on any atom is -0.395 e. The molecule has 31 heavy (non-hydrogen) atoms. The van der Waals surface area contributed by atoms with Gasteiger partial charge in [0.25, 0.3) is 5.91 Å². The average Bonchev–Trinajstić information content (AvgIpc) is 3.52. The third-order valence-corrected chi connectivity index (χ3v) is 5.95. The summed E-state index contributed by atoms with van der Waals surface area (Å²) >= 11 is 1.62. The molecule has 3 aromatic heterocycles. The second kappa shape index (κ2) is 9.33. The van der Waals surface area contributed by atoms with Crippen molar-refractivity contribution in [3.8, 4) is 0 Å². The number of amides is 1. The Hall–Kier alpha value is -3.15. The van der Waals surface area contributed by atoms with Crippen LogP contribution in [0.3, 0.4) is 0 Å². The Bertz CT molecular complexity index is 1090. The Balaban J connectivity index is 1.49. The molecule has 0 aromatic carbocycles. The number of furan rings is 1. The van der Waals surface area contributed by atoms with Gasteiger partial charge in [-0.1, -0.05) is 18.7 Å². The highest BCUT2D eigenvalue weighted by Crippen LogP contribution is 2.29. The third kappa shape index (κ3) is 4.63. The van der Waals surface area contributed by atoms with E-state index in [4.69, 9.17) is 14.4 Å². The van der Waals surface area contributed by atoms with E-state index in [1.54, 1.807) is 22.6 Å². The summed E-state index contributed by atoms with van der Waals surface area (Å²) in [7, 11) is 0. The van der Waals surface area contributed by atoms with Crippen molar-refractivity contribution in [1.29, 1.82) is 0 Å². The van der Waals surface area contributed by atoms with Gasteiger partial charge in [-0.25, -0.2) is 14.6 Å². The smallest absolute Gasteiger partial charge is 0.395 e. The number of anilines is 1. The zero-order chi connectivity index (χ0) is 21.8. The first-order chi connectivity index (χ1) is 15.1. The normalized spacial score (nSPS) is 13.8. The molecule has 1 saturated heterocycles. The van der Waals surface area contributed by atoms with Gasteiger partial charge in [-0.2, -0.15) is 5.10 Å². The molecule has 1 aliphatic heterocycles. The van der Waals surface area contributed by atoms with E-state index in [1.807, 2.05) is 0 Å². The summed E-state index contributed by atoms with van der Waals surface area (Å²) < 4.78 is 6.68. The number of hydrogen-bond donors (Lipinski definition) is 1. The van der Waals surface area contributed by atoms with Crippen molar-refractivity contribution in [2.24, 2.45) is 0 Å². The molecule has 0 spiro atoms. The minimum atomic E-state index is -0.682. The van der Waals surface area contributed by atoms with Gasteiger partial charge in [0, 0.05) is 25.4 Å². The van der Waals surface area contributed by atoms with Crippen molar-refractivity contribution >= 4 is 40.4 Å². The predicted molar refractivity (Wildman–Crippen MR) is 115 cm³/mol. The maximum atomic E-state index is 12.2. The van der Waals surface area contributed by atoms with Gasteiger partial charge in [0.2, 0.25) is 0 Å². The number of rotatable bonds is 9. The van der Waals surface area contributed by atoms with Gasteiger partial charge in [-0.15, -0.1) is 0 Å². The SMILES string of the molecule is CCCSc1nc(N2CCCC2)c2cnn(CCNC(=O)c3ccc([N+](=O)[O-])o3)c2n1. The molecule has 0 radical (unpaired) electrons. The molecule has 1 fully saturated rings. The van der Waals surface area contributed by atoms with Gasteiger partial charge < -0.3 is 14.6 Å². The van der Waals surface area contributed by atoms with Crippen molar-refractivity contribution in [3.63, 3.8) is 0 Å². The lowest BCUT2D eigenvalue weighted by atomic mass is 10.3. The molecular weight excluding hydrogens is 422 g/mol. The van der Waals surface area contributed by atoms with E-state index >= 15 is 0 Å². The van der Waals surface area contributed by atoms with Crippen LogP contribution >= 0.6 is 11.8 Å². The standard InChI is InChI=1S/C19H23N7O4S/c1-2-11-31-19-22-16(24-8-3-4-9-24)13-12-21-25(17(13)23-19)10-7-20-18(27)14-5-6-15(30-14)26(28)29/h5-6,12H,2-4,7-11H2,1H3,(H,20,27). The minimum absolute atomic E-state index is 0.103. The van der Waals surface area contributed by atoms with E-state index in [0.717, 1.165) is 66.2 Å². The van der Waals surface area contributed by atoms with E-state index in [-0.39, 0.29) is 12.3 Å². The fourth-order valence-corrected chi connectivity index (χ4v) is 4.11. The van der Waals surface area contributed by atoms with Crippen LogP contribution in [0.4, 0.5) is 11.7 Å². The predicted octanol–water partition coefficient (Wildman–Crippen LogP) is 2.86. The Morgan fingerprint density at radius 3 is 2.84 bits per heavy atom. The van der Waals surface area contributed by atoms with Crippen LogP contribution in [0.25, 0.3) is 11.0 Å². The largest absolute Gasteiger partial charge is 0.433 e. The molecule has 1 N–H and O–H groups in total. The lowest BCUT2D eigenvalue weighted by Gasteiger charge is -2.18. The fourth-order valence-electron chi connectivity index (χ4n) is 3.42. The lowest BCUT2D eigenvalue weighted by Crippen LogP contribution is -2.27. The highest BCUT2D eigenvalue weighted by Gasteiger charge is 2.21. The quantitative estimate of drug-likeness (QED) is 0.228. The summed E-state index contributed by atoms with van der Waals surface area (Å²) in [4.78, 5) is 34.0. The highest BCUT2D eigenvalue weighted by atomic mass is 32.2. The van der Waals surface area contributed by atoms with Gasteiger partial charge in [-0.05, 0) is 25.3 Å². The summed E-state index contributed by atoms with van der Waals surface area (Å²) in [5.41, 5.74) is 0.735. The van der Waals surface area contributed by atoms with Crippen molar-refractivity contribution in [1.82, 2.24) is 25.1 Å². The van der Waals surface area contributed by atoms with Gasteiger partial charge >= 0.3 is 5.88 Å². The molecule has 3 aromatic rings. The Morgan fingerprint density at radius 1 is 1.32 bits per heavy atom. The van der Waals surface area contributed by atoms with Crippen LogP contribution in [-0.4, -0.2) is 56.0 Å². The summed E-state index contributed by atoms with van der Waals surface area (Å²) in [6.07, 6.45) is 5.10. The van der Waals surface area contributed by atoms with Crippen molar-refractivity contribution in [3.05, 3.63) is 34.2 Å². The molecule has 1 amide bonds. The van der Waals surface area contributed by atoms with Crippen LogP contribution in [-0.2, 0) is 6.54 Å². The number of nitrogens with one attached hydrogen (secondary N) is 1. The van der Waals surface area contributed by atoms with E-state index in [1.165, 1.54) is 6.07 Å². The molecule has 1 aliphatic rings. The number of thioether (sulfide) groups is 1. The Labute approximate surface area is 182 Å². The molecular formula is C19H23N7O4S. The van der Waals surface area contributed by atoms with E-state index in [9.17, 15) is 14.9 Å². The molecule has 4 rings (SSSR count). The average molecular weight is 446 g/mol. The van der Waals surface area contributed by atoms with Crippen LogP contribution < -0.4 is 10.2 Å². The molecule has 164 valence electrons. The number of nitrogens with zero attached hydrogens (tertiary/aromatic N) is 6. The van der Waals surface area contributed by atoms with Crippen LogP contribution in [0.5, 0.6) is 0 Å². The Morgan fingerprint density at radius 2 is 2.13 bits per heavy atom. The number of hydrogen-bond acceptors (Lipinski definition) is 9. The van der Waals surface area contributed by atoms with Crippen molar-refractivity contribution < 1.29 is 14.1 Å². The highest BCUT2D eigenvalue weighted by molar-refractivity contribution is 7.99. The molecule has 0 bridgehead atoms. The summed E-state index contributed by atoms with van der Waals surface area (Å²) in [6, 6.07) is 2.44. The number of nitro groups is 1. The first-order valence-corrected chi connectivity index (χ1v) is 11.2. The second-order valence-corrected chi connectivity index (χ2v) is 8.19. The molecule has 4 heterocycles. The molecule has 11 nitrogen and oxygen atoms in total. The zero-order valence-corrected chi connectivity index (χ0v) is 17.9. The maximum absolute atomic E-state index is 12.2. The number of carbonyl (C=O) groups excluding carboxylic acids is 1. The first-order valence-electron chi connectivity index (χ1n) is 10.2. The van der Waals surface area contributed by atoms with Crippen LogP contribution in [0.15, 0.2) is 27.9 Å². The van der Waals surface area contributed by atoms with Crippen molar-refractivity contribution in [2.45, 2.75) is 37.9 Å². The van der Waals surface area contributed by atoms with Crippen LogP contribution in [0.2, 0.25) is 0 Å². The maximum Gasteiger partial charge on any atom is 0.433 e. The van der Waals surface area contributed by atoms with Gasteiger partial charge in [-0.3, -0.25) is 14.9 Å². The summed E-state index contributed by atoms with van der Waals surface area (Å²) in [5.74, 6) is 0.764. The third-order valence-electron chi connectivity index (χ3n) is 4.90. The Kier molecular flexibility index (Phi) is 6.35. The number of aromatic nitrogens is 4. The van der Waals surface area contributed by atoms with Crippen LogP contribution in [0.1, 0.15) is 36.7 Å². The van der Waals surface area contributed by atoms with Gasteiger partial charge in [0.15, 0.2) is 16.6 Å². The monoisotopic (exact) mass is 445 g/mol. The summed E-state index contributed by atoms with van der Waals surface area (Å²) in [6.45, 7) is 4.73. The van der Waals surface area contributed by atoms with Gasteiger partial charge in [0.05, 0.1) is 24.2 Å². The molecule has 0 saturated carbocycles. The molecule has 0 unspecified atom stereocenters. The zero-order valence-electron chi connectivity index (χ0n) is 17.1. The first kappa shape index (κ1) is 21.1. The lowest BCUT2D eigenvalue weighted by molar-refractivity contribution is -0.402. The summed E-state index contributed by atoms with van der Waals surface area (Å²) in [5, 5.41) is 19.5.